The van der Waals surface area contributed by atoms with Gasteiger partial charge in [-0.1, -0.05) is 0 Å². The molecule has 0 radical (unpaired) electrons. The van der Waals surface area contributed by atoms with Gasteiger partial charge >= 0.3 is 0 Å². The first-order chi connectivity index (χ1) is 8.27. The van der Waals surface area contributed by atoms with Gasteiger partial charge in [0, 0.05) is 26.2 Å². The number of primary amides is 1. The molecule has 98 valence electrons. The largest absolute Gasteiger partial charge is 0.368 e. The van der Waals surface area contributed by atoms with Crippen LogP contribution < -0.4 is 11.1 Å². The van der Waals surface area contributed by atoms with Gasteiger partial charge in [0.2, 0.25) is 5.91 Å². The summed E-state index contributed by atoms with van der Waals surface area (Å²) in [5.41, 5.74) is 5.42. The second-order valence-electron chi connectivity index (χ2n) is 5.06. The smallest absolute Gasteiger partial charge is 0.236 e. The summed E-state index contributed by atoms with van der Waals surface area (Å²) in [6.45, 7) is 7.27. The molecule has 2 saturated heterocycles. The molecule has 2 rings (SSSR count). The number of amides is 1. The highest BCUT2D eigenvalue weighted by Gasteiger charge is 2.26. The molecule has 2 heterocycles. The second-order valence-corrected chi connectivity index (χ2v) is 5.06. The number of hydrogen-bond acceptors (Lipinski definition) is 4. The van der Waals surface area contributed by atoms with Crippen molar-refractivity contribution in [3.05, 3.63) is 0 Å². The van der Waals surface area contributed by atoms with Crippen LogP contribution in [0.3, 0.4) is 0 Å². The lowest BCUT2D eigenvalue weighted by molar-refractivity contribution is -0.123. The molecule has 1 unspecified atom stereocenters. The predicted octanol–water partition coefficient (Wildman–Crippen LogP) is -0.769. The number of rotatable bonds is 5. The third-order valence-corrected chi connectivity index (χ3v) is 3.80. The Labute approximate surface area is 103 Å². The monoisotopic (exact) mass is 240 g/mol. The van der Waals surface area contributed by atoms with E-state index in [4.69, 9.17) is 5.73 Å². The molecule has 0 aromatic rings. The predicted molar refractivity (Wildman–Crippen MR) is 67.7 cm³/mol. The molecule has 2 fully saturated rings. The lowest BCUT2D eigenvalue weighted by Crippen LogP contribution is -2.57. The van der Waals surface area contributed by atoms with E-state index in [0.29, 0.717) is 6.54 Å². The van der Waals surface area contributed by atoms with E-state index in [9.17, 15) is 4.79 Å². The van der Waals surface area contributed by atoms with Gasteiger partial charge in [-0.05, 0) is 38.9 Å². The van der Waals surface area contributed by atoms with E-state index in [2.05, 4.69) is 15.1 Å². The topological polar surface area (TPSA) is 61.6 Å². The van der Waals surface area contributed by atoms with Crippen molar-refractivity contribution in [2.45, 2.75) is 25.3 Å². The summed E-state index contributed by atoms with van der Waals surface area (Å²) in [6.07, 6.45) is 3.83. The molecule has 2 aliphatic heterocycles. The van der Waals surface area contributed by atoms with Crippen molar-refractivity contribution in [2.24, 2.45) is 5.73 Å². The lowest BCUT2D eigenvalue weighted by atomic mass is 10.1. The quantitative estimate of drug-likeness (QED) is 0.662. The summed E-state index contributed by atoms with van der Waals surface area (Å²) in [6, 6.07) is -0.109. The first-order valence-corrected chi connectivity index (χ1v) is 6.74. The Bertz CT molecular complexity index is 253. The van der Waals surface area contributed by atoms with Crippen LogP contribution in [0.4, 0.5) is 0 Å². The zero-order chi connectivity index (χ0) is 12.1. The van der Waals surface area contributed by atoms with E-state index in [0.717, 1.165) is 32.6 Å². The van der Waals surface area contributed by atoms with Crippen molar-refractivity contribution in [2.75, 3.05) is 45.8 Å². The highest BCUT2D eigenvalue weighted by molar-refractivity contribution is 5.80. The van der Waals surface area contributed by atoms with Crippen molar-refractivity contribution < 1.29 is 4.79 Å². The Morgan fingerprint density at radius 2 is 2.00 bits per heavy atom. The third-order valence-electron chi connectivity index (χ3n) is 3.80. The van der Waals surface area contributed by atoms with Crippen LogP contribution in [0.1, 0.15) is 19.3 Å². The number of piperazine rings is 1. The number of nitrogens with zero attached hydrogens (tertiary/aromatic N) is 2. The second kappa shape index (κ2) is 6.33. The molecule has 0 spiro atoms. The highest BCUT2D eigenvalue weighted by atomic mass is 16.1. The maximum absolute atomic E-state index is 11.3. The fourth-order valence-corrected chi connectivity index (χ4v) is 2.80. The molecule has 5 heteroatoms. The van der Waals surface area contributed by atoms with E-state index in [1.54, 1.807) is 0 Å². The van der Waals surface area contributed by atoms with E-state index >= 15 is 0 Å². The molecular formula is C12H24N4O. The maximum atomic E-state index is 11.3. The minimum absolute atomic E-state index is 0.109. The highest BCUT2D eigenvalue weighted by Crippen LogP contribution is 2.09. The zero-order valence-electron chi connectivity index (χ0n) is 10.5. The number of carbonyl (C=O) groups excluding carboxylic acids is 1. The Kier molecular flexibility index (Phi) is 4.76. The van der Waals surface area contributed by atoms with Crippen molar-refractivity contribution in [1.29, 1.82) is 0 Å². The van der Waals surface area contributed by atoms with Crippen LogP contribution in [0.25, 0.3) is 0 Å². The number of hydrogen-bond donors (Lipinski definition) is 2. The Morgan fingerprint density at radius 3 is 2.71 bits per heavy atom. The average Bonchev–Trinajstić information content (AvgIpc) is 2.82. The van der Waals surface area contributed by atoms with Crippen LogP contribution in [-0.2, 0) is 4.79 Å². The normalized spacial score (nSPS) is 27.4. The molecule has 2 aliphatic rings. The van der Waals surface area contributed by atoms with Crippen molar-refractivity contribution in [3.63, 3.8) is 0 Å². The lowest BCUT2D eigenvalue weighted by Gasteiger charge is -2.34. The van der Waals surface area contributed by atoms with Crippen LogP contribution in [0.5, 0.6) is 0 Å². The molecule has 0 aromatic carbocycles. The Hall–Kier alpha value is -0.650. The van der Waals surface area contributed by atoms with Gasteiger partial charge in [0.15, 0.2) is 0 Å². The van der Waals surface area contributed by atoms with Crippen LogP contribution >= 0.6 is 0 Å². The van der Waals surface area contributed by atoms with Gasteiger partial charge in [0.25, 0.3) is 0 Å². The third kappa shape index (κ3) is 3.66. The molecule has 0 bridgehead atoms. The van der Waals surface area contributed by atoms with Gasteiger partial charge in [-0.3, -0.25) is 9.69 Å². The molecule has 0 aromatic heterocycles. The first kappa shape index (κ1) is 12.8. The van der Waals surface area contributed by atoms with Gasteiger partial charge in [0.05, 0.1) is 0 Å². The maximum Gasteiger partial charge on any atom is 0.236 e. The standard InChI is InChI=1S/C12H24N4O/c13-12(17)11-10-14-4-9-16(11)8-3-7-15-5-1-2-6-15/h11,14H,1-10H2,(H2,13,17). The van der Waals surface area contributed by atoms with Crippen LogP contribution in [0.15, 0.2) is 0 Å². The molecule has 0 aliphatic carbocycles. The molecule has 1 atom stereocenters. The summed E-state index contributed by atoms with van der Waals surface area (Å²) in [4.78, 5) is 16.1. The summed E-state index contributed by atoms with van der Waals surface area (Å²) >= 11 is 0. The molecule has 17 heavy (non-hydrogen) atoms. The fourth-order valence-electron chi connectivity index (χ4n) is 2.80. The van der Waals surface area contributed by atoms with Crippen LogP contribution in [0, 0.1) is 0 Å². The summed E-state index contributed by atoms with van der Waals surface area (Å²) in [5.74, 6) is -0.196. The van der Waals surface area contributed by atoms with Gasteiger partial charge < -0.3 is 16.0 Å². The van der Waals surface area contributed by atoms with E-state index in [1.165, 1.54) is 25.9 Å². The summed E-state index contributed by atoms with van der Waals surface area (Å²) < 4.78 is 0. The molecule has 0 saturated carbocycles. The van der Waals surface area contributed by atoms with Crippen molar-refractivity contribution in [3.8, 4) is 0 Å². The zero-order valence-corrected chi connectivity index (χ0v) is 10.5. The Morgan fingerprint density at radius 1 is 1.24 bits per heavy atom. The number of likely N-dealkylation sites (tertiary alicyclic amines) is 1. The van der Waals surface area contributed by atoms with Gasteiger partial charge in [0.1, 0.15) is 6.04 Å². The number of nitrogens with two attached hydrogens (primary N) is 1. The number of nitrogens with one attached hydrogen (secondary N) is 1. The van der Waals surface area contributed by atoms with Gasteiger partial charge in [-0.15, -0.1) is 0 Å². The van der Waals surface area contributed by atoms with Gasteiger partial charge in [-0.25, -0.2) is 0 Å². The average molecular weight is 240 g/mol. The molecule has 1 amide bonds. The molecule has 5 nitrogen and oxygen atoms in total. The van der Waals surface area contributed by atoms with Crippen molar-refractivity contribution >= 4 is 5.91 Å². The SMILES string of the molecule is NC(=O)C1CNCCN1CCCN1CCCC1. The van der Waals surface area contributed by atoms with Crippen molar-refractivity contribution in [1.82, 2.24) is 15.1 Å². The van der Waals surface area contributed by atoms with E-state index < -0.39 is 0 Å². The minimum Gasteiger partial charge on any atom is -0.368 e. The molecular weight excluding hydrogens is 216 g/mol. The summed E-state index contributed by atoms with van der Waals surface area (Å²) in [7, 11) is 0. The van der Waals surface area contributed by atoms with E-state index in [-0.39, 0.29) is 11.9 Å². The first-order valence-electron chi connectivity index (χ1n) is 6.74. The van der Waals surface area contributed by atoms with Crippen LogP contribution in [0.2, 0.25) is 0 Å². The van der Waals surface area contributed by atoms with Gasteiger partial charge in [-0.2, -0.15) is 0 Å². The minimum atomic E-state index is -0.196. The molecule has 3 N–H and O–H groups in total. The van der Waals surface area contributed by atoms with Crippen LogP contribution in [-0.4, -0.2) is 67.6 Å². The van der Waals surface area contributed by atoms with E-state index in [1.807, 2.05) is 0 Å². The Balaban J connectivity index is 1.70. The fraction of sp³-hybridized carbons (Fsp3) is 0.917. The number of carbonyl (C=O) groups is 1. The summed E-state index contributed by atoms with van der Waals surface area (Å²) in [5, 5.41) is 3.22.